The van der Waals surface area contributed by atoms with Crippen LogP contribution in [0.15, 0.2) is 54.6 Å². The van der Waals surface area contributed by atoms with E-state index in [1.54, 1.807) is 12.1 Å². The van der Waals surface area contributed by atoms with E-state index in [0.29, 0.717) is 0 Å². The lowest BCUT2D eigenvalue weighted by atomic mass is 10.1. The van der Waals surface area contributed by atoms with Crippen LogP contribution in [0, 0.1) is 0 Å². The Hall–Kier alpha value is -2.18. The number of hydrogen-bond acceptors (Lipinski definition) is 4. The normalized spacial score (nSPS) is 11.7. The second kappa shape index (κ2) is 6.83. The maximum atomic E-state index is 11.3. The van der Waals surface area contributed by atoms with Crippen LogP contribution in [-0.2, 0) is 22.5 Å². The monoisotopic (exact) mass is 289 g/mol. The Morgan fingerprint density at radius 3 is 2.20 bits per heavy atom. The summed E-state index contributed by atoms with van der Waals surface area (Å²) in [5, 5.41) is 3.22. The molecule has 0 bridgehead atoms. The molecule has 104 valence electrons. The van der Waals surface area contributed by atoms with Gasteiger partial charge in [-0.05, 0) is 29.8 Å². The van der Waals surface area contributed by atoms with Gasteiger partial charge in [0.15, 0.2) is 0 Å². The van der Waals surface area contributed by atoms with E-state index in [2.05, 4.69) is 5.32 Å². The zero-order chi connectivity index (χ0) is 14.4. The number of para-hydroxylation sites is 1. The van der Waals surface area contributed by atoms with E-state index in [0.717, 1.165) is 16.9 Å². The fraction of sp³-hybridized carbons (Fsp3) is 0.0714. The van der Waals surface area contributed by atoms with Gasteiger partial charge in [0.1, 0.15) is 0 Å². The fourth-order valence-electron chi connectivity index (χ4n) is 1.71. The van der Waals surface area contributed by atoms with E-state index in [9.17, 15) is 13.6 Å². The first-order valence-electron chi connectivity index (χ1n) is 5.93. The SMILES string of the molecule is O=C(Cc1ccc(Nc2ccccc2)cc1)NS(=O)[O-]. The van der Waals surface area contributed by atoms with Crippen molar-refractivity contribution in [3.05, 3.63) is 60.2 Å². The van der Waals surface area contributed by atoms with Gasteiger partial charge in [-0.3, -0.25) is 13.7 Å². The average molecular weight is 289 g/mol. The van der Waals surface area contributed by atoms with E-state index in [4.69, 9.17) is 0 Å². The van der Waals surface area contributed by atoms with Crippen LogP contribution < -0.4 is 10.0 Å². The molecule has 20 heavy (non-hydrogen) atoms. The van der Waals surface area contributed by atoms with Gasteiger partial charge in [0.2, 0.25) is 5.91 Å². The highest BCUT2D eigenvalue weighted by atomic mass is 32.2. The van der Waals surface area contributed by atoms with Gasteiger partial charge in [-0.25, -0.2) is 0 Å². The summed E-state index contributed by atoms with van der Waals surface area (Å²) in [4.78, 5) is 11.3. The number of amides is 1. The van der Waals surface area contributed by atoms with E-state index in [-0.39, 0.29) is 6.42 Å². The Morgan fingerprint density at radius 1 is 1.00 bits per heavy atom. The number of hydrogen-bond donors (Lipinski definition) is 2. The predicted molar refractivity (Wildman–Crippen MR) is 76.9 cm³/mol. The Kier molecular flexibility index (Phi) is 4.86. The van der Waals surface area contributed by atoms with Crippen molar-refractivity contribution < 1.29 is 13.6 Å². The Labute approximate surface area is 119 Å². The molecule has 2 aromatic rings. The van der Waals surface area contributed by atoms with E-state index >= 15 is 0 Å². The van der Waals surface area contributed by atoms with Crippen LogP contribution in [0.1, 0.15) is 5.56 Å². The largest absolute Gasteiger partial charge is 0.755 e. The first-order valence-corrected chi connectivity index (χ1v) is 7.01. The minimum Gasteiger partial charge on any atom is -0.755 e. The number of carbonyl (C=O) groups excluding carboxylic acids is 1. The Bertz CT molecular complexity index is 600. The molecule has 0 radical (unpaired) electrons. The summed E-state index contributed by atoms with van der Waals surface area (Å²) < 4.78 is 22.4. The van der Waals surface area contributed by atoms with Crippen LogP contribution in [-0.4, -0.2) is 14.7 Å². The lowest BCUT2D eigenvalue weighted by Crippen LogP contribution is -2.26. The maximum absolute atomic E-state index is 11.3. The second-order valence-electron chi connectivity index (χ2n) is 4.12. The fourth-order valence-corrected chi connectivity index (χ4v) is 1.97. The predicted octanol–water partition coefficient (Wildman–Crippen LogP) is 1.88. The zero-order valence-electron chi connectivity index (χ0n) is 10.5. The summed E-state index contributed by atoms with van der Waals surface area (Å²) in [6.45, 7) is 0. The van der Waals surface area contributed by atoms with Gasteiger partial charge in [0.05, 0.1) is 6.42 Å². The quantitative estimate of drug-likeness (QED) is 0.823. The molecule has 2 N–H and O–H groups in total. The van der Waals surface area contributed by atoms with E-state index in [1.807, 2.05) is 47.2 Å². The second-order valence-corrected chi connectivity index (χ2v) is 4.80. The Balaban J connectivity index is 1.96. The molecule has 1 atom stereocenters. The summed E-state index contributed by atoms with van der Waals surface area (Å²) in [5.74, 6) is -0.554. The molecule has 1 amide bonds. The maximum Gasteiger partial charge on any atom is 0.235 e. The molecule has 5 nitrogen and oxygen atoms in total. The molecule has 0 fully saturated rings. The number of rotatable bonds is 5. The van der Waals surface area contributed by atoms with Crippen LogP contribution in [0.4, 0.5) is 11.4 Å². The van der Waals surface area contributed by atoms with Crippen LogP contribution in [0.25, 0.3) is 0 Å². The molecule has 0 aliphatic rings. The van der Waals surface area contributed by atoms with Crippen molar-refractivity contribution in [2.75, 3.05) is 5.32 Å². The third-order valence-electron chi connectivity index (χ3n) is 2.58. The standard InChI is InChI=1S/C14H14N2O3S/c17-14(16-20(18)19)10-11-6-8-13(9-7-11)15-12-4-2-1-3-5-12/h1-9,15H,10H2,(H,16,17)(H,18,19)/p-1. The summed E-state index contributed by atoms with van der Waals surface area (Å²) in [7, 11) is 0. The van der Waals surface area contributed by atoms with Crippen LogP contribution in [0.3, 0.4) is 0 Å². The number of benzene rings is 2. The molecule has 1 unspecified atom stereocenters. The van der Waals surface area contributed by atoms with Crippen molar-refractivity contribution in [2.45, 2.75) is 6.42 Å². The third-order valence-corrected chi connectivity index (χ3v) is 2.97. The highest BCUT2D eigenvalue weighted by molar-refractivity contribution is 7.77. The molecule has 0 aliphatic carbocycles. The van der Waals surface area contributed by atoms with Crippen LogP contribution in [0.2, 0.25) is 0 Å². The minimum absolute atomic E-state index is 0.0274. The lowest BCUT2D eigenvalue weighted by molar-refractivity contribution is -0.118. The summed E-state index contributed by atoms with van der Waals surface area (Å²) in [6, 6.07) is 16.9. The van der Waals surface area contributed by atoms with Crippen molar-refractivity contribution in [3.8, 4) is 0 Å². The van der Waals surface area contributed by atoms with Crippen molar-refractivity contribution >= 4 is 28.5 Å². The van der Waals surface area contributed by atoms with Gasteiger partial charge in [0, 0.05) is 22.6 Å². The summed E-state index contributed by atoms with van der Waals surface area (Å²) in [6.07, 6.45) is 0.0274. The highest BCUT2D eigenvalue weighted by Gasteiger charge is 2.03. The van der Waals surface area contributed by atoms with Gasteiger partial charge in [-0.1, -0.05) is 30.3 Å². The van der Waals surface area contributed by atoms with E-state index < -0.39 is 17.2 Å². The van der Waals surface area contributed by atoms with Gasteiger partial charge < -0.3 is 9.87 Å². The van der Waals surface area contributed by atoms with Crippen molar-refractivity contribution in [2.24, 2.45) is 0 Å². The lowest BCUT2D eigenvalue weighted by Gasteiger charge is -2.09. The number of carbonyl (C=O) groups is 1. The molecule has 0 saturated heterocycles. The van der Waals surface area contributed by atoms with Crippen LogP contribution >= 0.6 is 0 Å². The van der Waals surface area contributed by atoms with Crippen molar-refractivity contribution in [3.63, 3.8) is 0 Å². The van der Waals surface area contributed by atoms with Gasteiger partial charge in [-0.15, -0.1) is 0 Å². The van der Waals surface area contributed by atoms with Crippen molar-refractivity contribution in [1.82, 2.24) is 4.72 Å². The minimum atomic E-state index is -2.56. The van der Waals surface area contributed by atoms with Gasteiger partial charge in [0.25, 0.3) is 0 Å². The zero-order valence-corrected chi connectivity index (χ0v) is 11.4. The molecule has 0 saturated carbocycles. The van der Waals surface area contributed by atoms with Crippen LogP contribution in [0.5, 0.6) is 0 Å². The summed E-state index contributed by atoms with van der Waals surface area (Å²) >= 11 is -2.56. The number of nitrogens with one attached hydrogen (secondary N) is 2. The molecular formula is C14H13N2O3S-. The number of anilines is 2. The van der Waals surface area contributed by atoms with Crippen molar-refractivity contribution in [1.29, 1.82) is 0 Å². The Morgan fingerprint density at radius 2 is 1.60 bits per heavy atom. The topological polar surface area (TPSA) is 81.3 Å². The summed E-state index contributed by atoms with van der Waals surface area (Å²) in [5.41, 5.74) is 2.61. The first kappa shape index (κ1) is 14.2. The third kappa shape index (κ3) is 4.49. The molecule has 0 aromatic heterocycles. The van der Waals surface area contributed by atoms with Gasteiger partial charge in [-0.2, -0.15) is 0 Å². The molecule has 6 heteroatoms. The molecule has 2 rings (SSSR count). The molecular weight excluding hydrogens is 276 g/mol. The van der Waals surface area contributed by atoms with Gasteiger partial charge >= 0.3 is 0 Å². The van der Waals surface area contributed by atoms with E-state index in [1.165, 1.54) is 0 Å². The molecule has 0 heterocycles. The smallest absolute Gasteiger partial charge is 0.235 e. The molecule has 2 aromatic carbocycles. The average Bonchev–Trinajstić information content (AvgIpc) is 2.41. The highest BCUT2D eigenvalue weighted by Crippen LogP contribution is 2.16. The first-order chi connectivity index (χ1) is 9.63. The molecule has 0 aliphatic heterocycles. The molecule has 0 spiro atoms.